The van der Waals surface area contributed by atoms with Gasteiger partial charge in [-0.2, -0.15) is 0 Å². The van der Waals surface area contributed by atoms with Gasteiger partial charge in [0.2, 0.25) is 5.91 Å². The van der Waals surface area contributed by atoms with Gasteiger partial charge in [-0.15, -0.1) is 11.3 Å². The van der Waals surface area contributed by atoms with Crippen molar-refractivity contribution in [2.75, 3.05) is 31.1 Å². The highest BCUT2D eigenvalue weighted by molar-refractivity contribution is 14.1. The minimum absolute atomic E-state index is 0.0280. The van der Waals surface area contributed by atoms with Crippen molar-refractivity contribution in [1.82, 2.24) is 9.88 Å². The highest BCUT2D eigenvalue weighted by Crippen LogP contribution is 2.19. The summed E-state index contributed by atoms with van der Waals surface area (Å²) in [6.45, 7) is 3.09. The normalized spacial score (nSPS) is 15.9. The Morgan fingerprint density at radius 3 is 2.76 bits per heavy atom. The molecule has 1 aliphatic heterocycles. The monoisotopic (exact) mass is 415 g/mol. The molecule has 0 N–H and O–H groups in total. The van der Waals surface area contributed by atoms with E-state index < -0.39 is 0 Å². The first-order valence-corrected chi connectivity index (χ1v) is 8.55. The quantitative estimate of drug-likeness (QED) is 0.572. The van der Waals surface area contributed by atoms with Crippen molar-refractivity contribution in [2.24, 2.45) is 0 Å². The Kier molecular flexibility index (Phi) is 4.59. The molecule has 1 saturated heterocycles. The molecule has 110 valence electrons. The molecule has 0 atom stereocenters. The predicted molar refractivity (Wildman–Crippen MR) is 91.4 cm³/mol. The molecule has 0 saturated carbocycles. The number of nitrogens with zero attached hydrogens (tertiary/aromatic N) is 3. The van der Waals surface area contributed by atoms with Crippen molar-refractivity contribution in [2.45, 2.75) is 0 Å². The lowest BCUT2D eigenvalue weighted by atomic mass is 10.3. The molecule has 3 heterocycles. The van der Waals surface area contributed by atoms with Crippen LogP contribution in [0.15, 0.2) is 34.2 Å². The van der Waals surface area contributed by atoms with Gasteiger partial charge in [0.15, 0.2) is 8.90 Å². The van der Waals surface area contributed by atoms with E-state index in [2.05, 4.69) is 32.5 Å². The van der Waals surface area contributed by atoms with E-state index in [4.69, 9.17) is 4.42 Å². The van der Waals surface area contributed by atoms with Crippen LogP contribution >= 0.6 is 33.9 Å². The van der Waals surface area contributed by atoms with Crippen LogP contribution < -0.4 is 4.90 Å². The van der Waals surface area contributed by atoms with E-state index in [9.17, 15) is 4.79 Å². The molecule has 21 heavy (non-hydrogen) atoms. The first-order valence-electron chi connectivity index (χ1n) is 6.59. The van der Waals surface area contributed by atoms with Gasteiger partial charge >= 0.3 is 0 Å². The average molecular weight is 415 g/mol. The summed E-state index contributed by atoms with van der Waals surface area (Å²) in [5.74, 6) is 0.731. The molecule has 2 aromatic heterocycles. The Morgan fingerprint density at radius 2 is 2.14 bits per heavy atom. The van der Waals surface area contributed by atoms with E-state index in [-0.39, 0.29) is 5.91 Å². The number of carbonyl (C=O) groups is 1. The first-order chi connectivity index (χ1) is 10.2. The number of hydrogen-bond donors (Lipinski definition) is 0. The number of rotatable bonds is 3. The Bertz CT molecular complexity index is 630. The summed E-state index contributed by atoms with van der Waals surface area (Å²) < 4.78 is 6.22. The minimum atomic E-state index is 0.0280. The van der Waals surface area contributed by atoms with Crippen LogP contribution in [0.5, 0.6) is 0 Å². The zero-order chi connectivity index (χ0) is 14.7. The van der Waals surface area contributed by atoms with E-state index in [1.807, 2.05) is 28.6 Å². The lowest BCUT2D eigenvalue weighted by Gasteiger charge is -2.34. The molecule has 5 nitrogen and oxygen atoms in total. The molecule has 3 rings (SSSR count). The number of anilines is 1. The first kappa shape index (κ1) is 14.6. The number of piperazine rings is 1. The van der Waals surface area contributed by atoms with Crippen LogP contribution in [-0.4, -0.2) is 42.0 Å². The van der Waals surface area contributed by atoms with Crippen LogP contribution in [0.2, 0.25) is 0 Å². The van der Waals surface area contributed by atoms with Crippen molar-refractivity contribution in [1.29, 1.82) is 0 Å². The van der Waals surface area contributed by atoms with Gasteiger partial charge in [0, 0.05) is 43.8 Å². The van der Waals surface area contributed by atoms with Gasteiger partial charge in [-0.1, -0.05) is 0 Å². The van der Waals surface area contributed by atoms with E-state index in [0.717, 1.165) is 35.1 Å². The molecule has 0 unspecified atom stereocenters. The fourth-order valence-electron chi connectivity index (χ4n) is 2.17. The maximum atomic E-state index is 12.1. The topological polar surface area (TPSA) is 49.6 Å². The van der Waals surface area contributed by atoms with Gasteiger partial charge in [-0.25, -0.2) is 4.98 Å². The summed E-state index contributed by atoms with van der Waals surface area (Å²) in [6, 6.07) is 3.73. The van der Waals surface area contributed by atoms with E-state index in [1.165, 1.54) is 0 Å². The van der Waals surface area contributed by atoms with Crippen molar-refractivity contribution in [3.05, 3.63) is 39.3 Å². The SMILES string of the molecule is O=C(/C=C/c1ccc(I)o1)N1CCN(c2nccs2)CC1. The summed E-state index contributed by atoms with van der Waals surface area (Å²) in [5, 5.41) is 3.00. The van der Waals surface area contributed by atoms with Crippen LogP contribution in [0.4, 0.5) is 5.13 Å². The summed E-state index contributed by atoms with van der Waals surface area (Å²) in [4.78, 5) is 20.5. The van der Waals surface area contributed by atoms with Crippen molar-refractivity contribution in [3.8, 4) is 0 Å². The zero-order valence-electron chi connectivity index (χ0n) is 11.2. The number of hydrogen-bond acceptors (Lipinski definition) is 5. The van der Waals surface area contributed by atoms with Crippen molar-refractivity contribution in [3.63, 3.8) is 0 Å². The molecule has 0 bridgehead atoms. The summed E-state index contributed by atoms with van der Waals surface area (Å²) in [7, 11) is 0. The maximum Gasteiger partial charge on any atom is 0.246 e. The molecule has 2 aromatic rings. The molecule has 0 aliphatic carbocycles. The van der Waals surface area contributed by atoms with Crippen molar-refractivity contribution >= 4 is 51.0 Å². The Balaban J connectivity index is 1.54. The molecule has 0 aromatic carbocycles. The summed E-state index contributed by atoms with van der Waals surface area (Å²) >= 11 is 3.73. The van der Waals surface area contributed by atoms with E-state index in [1.54, 1.807) is 23.5 Å². The van der Waals surface area contributed by atoms with E-state index >= 15 is 0 Å². The molecule has 7 heteroatoms. The third-order valence-corrected chi connectivity index (χ3v) is 4.68. The lowest BCUT2D eigenvalue weighted by molar-refractivity contribution is -0.126. The molecule has 1 aliphatic rings. The molecule has 1 amide bonds. The molecular formula is C14H14IN3O2S. The number of aromatic nitrogens is 1. The van der Waals surface area contributed by atoms with Crippen LogP contribution in [0, 0.1) is 3.77 Å². The Morgan fingerprint density at radius 1 is 1.33 bits per heavy atom. The lowest BCUT2D eigenvalue weighted by Crippen LogP contribution is -2.48. The summed E-state index contributed by atoms with van der Waals surface area (Å²) in [6.07, 6.45) is 5.11. The third-order valence-electron chi connectivity index (χ3n) is 3.27. The third kappa shape index (κ3) is 3.65. The molecule has 1 fully saturated rings. The second-order valence-electron chi connectivity index (χ2n) is 4.60. The fraction of sp³-hybridized carbons (Fsp3) is 0.286. The smallest absolute Gasteiger partial charge is 0.246 e. The number of thiazole rings is 1. The van der Waals surface area contributed by atoms with Gasteiger partial charge in [-0.3, -0.25) is 4.79 Å². The predicted octanol–water partition coefficient (Wildman–Crippen LogP) is 2.70. The van der Waals surface area contributed by atoms with Crippen LogP contribution in [0.1, 0.15) is 5.76 Å². The average Bonchev–Trinajstić information content (AvgIpc) is 3.16. The van der Waals surface area contributed by atoms with Gasteiger partial charge in [0.25, 0.3) is 0 Å². The zero-order valence-corrected chi connectivity index (χ0v) is 14.2. The highest BCUT2D eigenvalue weighted by Gasteiger charge is 2.20. The van der Waals surface area contributed by atoms with Gasteiger partial charge in [0.05, 0.1) is 0 Å². The van der Waals surface area contributed by atoms with Gasteiger partial charge in [-0.05, 0) is 40.8 Å². The second-order valence-corrected chi connectivity index (χ2v) is 6.54. The molecule has 0 spiro atoms. The summed E-state index contributed by atoms with van der Waals surface area (Å²) in [5.41, 5.74) is 0. The molecular weight excluding hydrogens is 401 g/mol. The largest absolute Gasteiger partial charge is 0.451 e. The van der Waals surface area contributed by atoms with Crippen molar-refractivity contribution < 1.29 is 9.21 Å². The fourth-order valence-corrected chi connectivity index (χ4v) is 3.30. The van der Waals surface area contributed by atoms with Crippen LogP contribution in [0.3, 0.4) is 0 Å². The standard InChI is InChI=1S/C14H14IN3O2S/c15-12-3-1-11(20-12)2-4-13(19)17-6-8-18(9-7-17)14-16-5-10-21-14/h1-5,10H,6-9H2/b4-2+. The van der Waals surface area contributed by atoms with Crippen LogP contribution in [-0.2, 0) is 4.79 Å². The second kappa shape index (κ2) is 6.61. The van der Waals surface area contributed by atoms with E-state index in [0.29, 0.717) is 5.76 Å². The number of halogens is 1. The highest BCUT2D eigenvalue weighted by atomic mass is 127. The van der Waals surface area contributed by atoms with Gasteiger partial charge in [0.1, 0.15) is 5.76 Å². The Hall–Kier alpha value is -1.35. The Labute approximate surface area is 140 Å². The number of furan rings is 1. The number of amides is 1. The minimum Gasteiger partial charge on any atom is -0.451 e. The van der Waals surface area contributed by atoms with Crippen LogP contribution in [0.25, 0.3) is 6.08 Å². The number of carbonyl (C=O) groups excluding carboxylic acids is 1. The maximum absolute atomic E-state index is 12.1. The van der Waals surface area contributed by atoms with Gasteiger partial charge < -0.3 is 14.2 Å². The molecule has 0 radical (unpaired) electrons.